The molecule has 31 heavy (non-hydrogen) atoms. The lowest BCUT2D eigenvalue weighted by atomic mass is 9.94. The predicted molar refractivity (Wildman–Crippen MR) is 120 cm³/mol. The summed E-state index contributed by atoms with van der Waals surface area (Å²) in [7, 11) is -3.57. The molecule has 6 nitrogen and oxygen atoms in total. The van der Waals surface area contributed by atoms with Gasteiger partial charge in [-0.2, -0.15) is 0 Å². The van der Waals surface area contributed by atoms with Crippen molar-refractivity contribution < 1.29 is 17.3 Å². The van der Waals surface area contributed by atoms with E-state index in [2.05, 4.69) is 10.1 Å². The summed E-state index contributed by atoms with van der Waals surface area (Å²) in [6.45, 7) is 0. The highest BCUT2D eigenvalue weighted by Crippen LogP contribution is 2.34. The molecule has 10 heteroatoms. The second-order valence-corrected chi connectivity index (χ2v) is 9.32. The second kappa shape index (κ2) is 8.92. The zero-order valence-electron chi connectivity index (χ0n) is 16.2. The Hall–Kier alpha value is -2.52. The van der Waals surface area contributed by atoms with E-state index in [4.69, 9.17) is 21.9 Å². The van der Waals surface area contributed by atoms with Gasteiger partial charge in [-0.15, -0.1) is 12.4 Å². The molecule has 0 aliphatic heterocycles. The predicted octanol–water partition coefficient (Wildman–Crippen LogP) is 4.75. The first-order chi connectivity index (χ1) is 14.2. The SMILES string of the molecule is CS(=O)(=O)c1ccc(F)c(C[C@H](N)c2ccccc2-c2noc3cc(Cl)ccc23)n1.Cl. The van der Waals surface area contributed by atoms with Crippen LogP contribution in [0.25, 0.3) is 22.2 Å². The smallest absolute Gasteiger partial charge is 0.192 e. The van der Waals surface area contributed by atoms with Crippen LogP contribution in [0.3, 0.4) is 0 Å². The lowest BCUT2D eigenvalue weighted by Crippen LogP contribution is -2.17. The fourth-order valence-corrected chi connectivity index (χ4v) is 4.03. The van der Waals surface area contributed by atoms with E-state index in [9.17, 15) is 12.8 Å². The summed E-state index contributed by atoms with van der Waals surface area (Å²) in [6.07, 6.45) is 1.03. The van der Waals surface area contributed by atoms with Gasteiger partial charge in [0.25, 0.3) is 0 Å². The van der Waals surface area contributed by atoms with E-state index < -0.39 is 21.7 Å². The average Bonchev–Trinajstić information content (AvgIpc) is 3.11. The van der Waals surface area contributed by atoms with Gasteiger partial charge >= 0.3 is 0 Å². The summed E-state index contributed by atoms with van der Waals surface area (Å²) in [5.41, 5.74) is 8.93. The molecule has 162 valence electrons. The van der Waals surface area contributed by atoms with Crippen molar-refractivity contribution in [3.8, 4) is 11.3 Å². The van der Waals surface area contributed by atoms with Crippen LogP contribution in [0.4, 0.5) is 4.39 Å². The van der Waals surface area contributed by atoms with Gasteiger partial charge in [0.1, 0.15) is 11.5 Å². The van der Waals surface area contributed by atoms with Gasteiger partial charge in [0.05, 0.1) is 5.69 Å². The molecule has 2 heterocycles. The van der Waals surface area contributed by atoms with Crippen LogP contribution in [0.2, 0.25) is 5.02 Å². The molecule has 0 bridgehead atoms. The van der Waals surface area contributed by atoms with Gasteiger partial charge in [-0.1, -0.05) is 41.0 Å². The van der Waals surface area contributed by atoms with Crippen molar-refractivity contribution in [3.63, 3.8) is 0 Å². The fraction of sp³-hybridized carbons (Fsp3) is 0.143. The zero-order valence-corrected chi connectivity index (χ0v) is 18.6. The number of sulfone groups is 1. The quantitative estimate of drug-likeness (QED) is 0.441. The Morgan fingerprint density at radius 2 is 1.90 bits per heavy atom. The molecule has 2 aromatic heterocycles. The number of halogens is 3. The Balaban J connectivity index is 0.00000272. The highest BCUT2D eigenvalue weighted by Gasteiger charge is 2.21. The number of nitrogens with zero attached hydrogens (tertiary/aromatic N) is 2. The van der Waals surface area contributed by atoms with Crippen LogP contribution < -0.4 is 5.73 Å². The average molecular weight is 482 g/mol. The standard InChI is InChI=1S/C21H17ClFN3O3S.ClH/c1-30(27,28)20-9-8-16(23)18(25-20)11-17(24)13-4-2-3-5-14(13)21-15-7-6-12(22)10-19(15)29-26-21;/h2-10,17H,11,24H2,1H3;1H/t17-;/m0./s1. The summed E-state index contributed by atoms with van der Waals surface area (Å²) < 4.78 is 43.2. The molecule has 2 N–H and O–H groups in total. The van der Waals surface area contributed by atoms with Crippen molar-refractivity contribution in [3.05, 3.63) is 76.7 Å². The molecular weight excluding hydrogens is 464 g/mol. The molecule has 0 aliphatic carbocycles. The van der Waals surface area contributed by atoms with Crippen LogP contribution in [0.15, 0.2) is 64.1 Å². The number of fused-ring (bicyclic) bond motifs is 1. The van der Waals surface area contributed by atoms with Crippen LogP contribution in [-0.4, -0.2) is 24.8 Å². The first-order valence-corrected chi connectivity index (χ1v) is 11.3. The molecule has 0 spiro atoms. The van der Waals surface area contributed by atoms with Crippen LogP contribution in [-0.2, 0) is 16.3 Å². The summed E-state index contributed by atoms with van der Waals surface area (Å²) in [5, 5.41) is 5.26. The first-order valence-electron chi connectivity index (χ1n) is 8.99. The lowest BCUT2D eigenvalue weighted by Gasteiger charge is -2.16. The number of benzene rings is 2. The van der Waals surface area contributed by atoms with Crippen LogP contribution in [0, 0.1) is 5.82 Å². The van der Waals surface area contributed by atoms with Crippen LogP contribution >= 0.6 is 24.0 Å². The van der Waals surface area contributed by atoms with Gasteiger partial charge in [0.15, 0.2) is 20.4 Å². The van der Waals surface area contributed by atoms with Crippen molar-refractivity contribution in [1.82, 2.24) is 10.1 Å². The van der Waals surface area contributed by atoms with E-state index in [1.165, 1.54) is 0 Å². The maximum atomic E-state index is 14.3. The van der Waals surface area contributed by atoms with Crippen molar-refractivity contribution in [2.24, 2.45) is 5.73 Å². The highest BCUT2D eigenvalue weighted by molar-refractivity contribution is 7.90. The summed E-state index contributed by atoms with van der Waals surface area (Å²) in [6, 6.07) is 14.1. The van der Waals surface area contributed by atoms with E-state index in [0.717, 1.165) is 29.3 Å². The molecule has 0 radical (unpaired) electrons. The molecule has 1 atom stereocenters. The number of nitrogens with two attached hydrogens (primary N) is 1. The minimum absolute atomic E-state index is 0. The Labute approximate surface area is 189 Å². The van der Waals surface area contributed by atoms with Crippen molar-refractivity contribution in [2.45, 2.75) is 17.5 Å². The molecular formula is C21H18Cl2FN3O3S. The molecule has 0 fully saturated rings. The lowest BCUT2D eigenvalue weighted by molar-refractivity contribution is 0.459. The van der Waals surface area contributed by atoms with E-state index in [0.29, 0.717) is 21.9 Å². The third-order valence-electron chi connectivity index (χ3n) is 4.74. The second-order valence-electron chi connectivity index (χ2n) is 6.92. The Bertz CT molecular complexity index is 1360. The topological polar surface area (TPSA) is 99.1 Å². The summed E-state index contributed by atoms with van der Waals surface area (Å²) in [5.74, 6) is -0.614. The maximum absolute atomic E-state index is 14.3. The normalized spacial score (nSPS) is 12.5. The van der Waals surface area contributed by atoms with Gasteiger partial charge in [-0.05, 0) is 29.8 Å². The highest BCUT2D eigenvalue weighted by atomic mass is 35.5. The van der Waals surface area contributed by atoms with Gasteiger partial charge < -0.3 is 10.3 Å². The number of hydrogen-bond donors (Lipinski definition) is 1. The Morgan fingerprint density at radius 1 is 1.16 bits per heavy atom. The molecule has 0 aliphatic rings. The minimum atomic E-state index is -3.57. The first kappa shape index (κ1) is 23.1. The fourth-order valence-electron chi connectivity index (χ4n) is 3.27. The molecule has 4 aromatic rings. The third kappa shape index (κ3) is 4.72. The van der Waals surface area contributed by atoms with E-state index in [1.807, 2.05) is 30.3 Å². The number of hydrogen-bond acceptors (Lipinski definition) is 6. The zero-order chi connectivity index (χ0) is 21.5. The molecule has 0 saturated carbocycles. The van der Waals surface area contributed by atoms with Gasteiger partial charge in [-0.25, -0.2) is 17.8 Å². The molecule has 0 saturated heterocycles. The summed E-state index contributed by atoms with van der Waals surface area (Å²) >= 11 is 6.01. The molecule has 4 rings (SSSR count). The minimum Gasteiger partial charge on any atom is -0.356 e. The maximum Gasteiger partial charge on any atom is 0.192 e. The number of aromatic nitrogens is 2. The summed E-state index contributed by atoms with van der Waals surface area (Å²) in [4.78, 5) is 3.97. The third-order valence-corrected chi connectivity index (χ3v) is 5.96. The monoisotopic (exact) mass is 481 g/mol. The Kier molecular flexibility index (Phi) is 6.66. The van der Waals surface area contributed by atoms with Crippen LogP contribution in [0.1, 0.15) is 17.3 Å². The van der Waals surface area contributed by atoms with Crippen LogP contribution in [0.5, 0.6) is 0 Å². The van der Waals surface area contributed by atoms with Gasteiger partial charge in [0, 0.05) is 40.8 Å². The van der Waals surface area contributed by atoms with E-state index in [1.54, 1.807) is 12.1 Å². The molecule has 2 aromatic carbocycles. The van der Waals surface area contributed by atoms with Crippen molar-refractivity contribution in [2.75, 3.05) is 6.26 Å². The van der Waals surface area contributed by atoms with Gasteiger partial charge in [0.2, 0.25) is 0 Å². The van der Waals surface area contributed by atoms with E-state index in [-0.39, 0.29) is 29.5 Å². The molecule has 0 unspecified atom stereocenters. The van der Waals surface area contributed by atoms with E-state index >= 15 is 0 Å². The van der Waals surface area contributed by atoms with Gasteiger partial charge in [-0.3, -0.25) is 0 Å². The number of pyridine rings is 1. The number of rotatable bonds is 5. The molecule has 0 amide bonds. The largest absolute Gasteiger partial charge is 0.356 e. The van der Waals surface area contributed by atoms with Crippen molar-refractivity contribution >= 4 is 44.8 Å². The van der Waals surface area contributed by atoms with Crippen molar-refractivity contribution in [1.29, 1.82) is 0 Å². The Morgan fingerprint density at radius 3 is 2.65 bits per heavy atom.